The number of aliphatic hydroxyl groups is 1. The van der Waals surface area contributed by atoms with Crippen molar-refractivity contribution < 1.29 is 14.6 Å². The molecular weight excluding hydrogens is 194 g/mol. The molecule has 0 spiro atoms. The van der Waals surface area contributed by atoms with E-state index in [2.05, 4.69) is 5.32 Å². The molecule has 1 amide bonds. The molecule has 0 radical (unpaired) electrons. The van der Waals surface area contributed by atoms with Crippen molar-refractivity contribution in [2.75, 3.05) is 13.2 Å². The first-order chi connectivity index (χ1) is 7.10. The molecule has 4 heteroatoms. The second-order valence-electron chi connectivity index (χ2n) is 4.21. The Labute approximate surface area is 91.0 Å². The maximum atomic E-state index is 10.7. The highest BCUT2D eigenvalue weighted by atomic mass is 16.6. The molecule has 4 nitrogen and oxygen atoms in total. The number of carbonyl (C=O) groups is 1. The van der Waals surface area contributed by atoms with E-state index in [1.54, 1.807) is 0 Å². The molecule has 3 aliphatic rings. The minimum absolute atomic E-state index is 0.0219. The van der Waals surface area contributed by atoms with Crippen molar-refractivity contribution in [3.8, 4) is 0 Å². The molecule has 1 aliphatic carbocycles. The molecule has 3 rings (SSSR count). The minimum atomic E-state index is -0.265. The number of aliphatic hydroxyl groups excluding tert-OH is 1. The standard InChI is InChI=1S/C9H15NO3.C2H6/c1-7(12)10-5-8-2-3-9(4-8,6-11)13-8;1-2/h11H,2-6H2,1H3,(H,10,12);1-2H3. The summed E-state index contributed by atoms with van der Waals surface area (Å²) >= 11 is 0. The topological polar surface area (TPSA) is 58.6 Å². The molecule has 2 N–H and O–H groups in total. The van der Waals surface area contributed by atoms with Gasteiger partial charge in [-0.2, -0.15) is 0 Å². The number of amides is 1. The van der Waals surface area contributed by atoms with Crippen molar-refractivity contribution in [3.63, 3.8) is 0 Å². The highest BCUT2D eigenvalue weighted by molar-refractivity contribution is 5.72. The summed E-state index contributed by atoms with van der Waals surface area (Å²) < 4.78 is 5.66. The Morgan fingerprint density at radius 1 is 1.40 bits per heavy atom. The summed E-state index contributed by atoms with van der Waals surface area (Å²) in [4.78, 5) is 10.7. The third kappa shape index (κ3) is 2.32. The van der Waals surface area contributed by atoms with E-state index in [1.807, 2.05) is 13.8 Å². The minimum Gasteiger partial charge on any atom is -0.393 e. The summed E-state index contributed by atoms with van der Waals surface area (Å²) in [5.74, 6) is -0.0219. The number of hydrogen-bond acceptors (Lipinski definition) is 3. The van der Waals surface area contributed by atoms with E-state index in [0.29, 0.717) is 6.54 Å². The van der Waals surface area contributed by atoms with Crippen molar-refractivity contribution in [2.45, 2.75) is 51.2 Å². The molecule has 2 bridgehead atoms. The van der Waals surface area contributed by atoms with Crippen LogP contribution in [0.4, 0.5) is 0 Å². The number of rotatable bonds is 3. The van der Waals surface area contributed by atoms with Crippen LogP contribution in [0.1, 0.15) is 40.0 Å². The summed E-state index contributed by atoms with van der Waals surface area (Å²) in [6.07, 6.45) is 2.76. The number of fused-ring (bicyclic) bond motifs is 1. The van der Waals surface area contributed by atoms with Crippen molar-refractivity contribution in [3.05, 3.63) is 0 Å². The van der Waals surface area contributed by atoms with Gasteiger partial charge in [-0.15, -0.1) is 0 Å². The van der Waals surface area contributed by atoms with E-state index in [9.17, 15) is 4.79 Å². The lowest BCUT2D eigenvalue weighted by atomic mass is 9.89. The number of ether oxygens (including phenoxy) is 1. The van der Waals surface area contributed by atoms with Crippen molar-refractivity contribution in [1.82, 2.24) is 5.32 Å². The molecule has 3 fully saturated rings. The van der Waals surface area contributed by atoms with Crippen LogP contribution in [0, 0.1) is 0 Å². The first-order valence-corrected chi connectivity index (χ1v) is 5.65. The smallest absolute Gasteiger partial charge is 0.216 e. The molecule has 0 aromatic rings. The normalized spacial score (nSPS) is 36.3. The highest BCUT2D eigenvalue weighted by Gasteiger charge is 2.61. The number of carbonyl (C=O) groups excluding carboxylic acids is 1. The van der Waals surface area contributed by atoms with Crippen LogP contribution in [-0.4, -0.2) is 35.4 Å². The van der Waals surface area contributed by atoms with Crippen LogP contribution in [0.2, 0.25) is 0 Å². The highest BCUT2D eigenvalue weighted by Crippen LogP contribution is 2.54. The van der Waals surface area contributed by atoms with Gasteiger partial charge in [-0.25, -0.2) is 0 Å². The average molecular weight is 215 g/mol. The Balaban J connectivity index is 0.000000531. The maximum absolute atomic E-state index is 10.7. The molecule has 2 unspecified atom stereocenters. The molecular formula is C11H21NO3. The Kier molecular flexibility index (Phi) is 3.73. The fourth-order valence-electron chi connectivity index (χ4n) is 2.41. The molecule has 2 atom stereocenters. The summed E-state index contributed by atoms with van der Waals surface area (Å²) in [7, 11) is 0. The van der Waals surface area contributed by atoms with Gasteiger partial charge in [0.2, 0.25) is 5.91 Å². The van der Waals surface area contributed by atoms with Gasteiger partial charge in [0.25, 0.3) is 0 Å². The molecule has 88 valence electrons. The Hall–Kier alpha value is -0.610. The van der Waals surface area contributed by atoms with Crippen LogP contribution in [0.5, 0.6) is 0 Å². The molecule has 1 saturated carbocycles. The molecule has 2 saturated heterocycles. The SMILES string of the molecule is CC.CC(=O)NCC12CCC(CO)(C1)O2. The Morgan fingerprint density at radius 2 is 1.93 bits per heavy atom. The van der Waals surface area contributed by atoms with Crippen LogP contribution >= 0.6 is 0 Å². The predicted molar refractivity (Wildman–Crippen MR) is 57.5 cm³/mol. The quantitative estimate of drug-likeness (QED) is 0.733. The zero-order chi connectivity index (χ0) is 11.5. The third-order valence-electron chi connectivity index (χ3n) is 3.06. The van der Waals surface area contributed by atoms with Gasteiger partial charge >= 0.3 is 0 Å². The van der Waals surface area contributed by atoms with Gasteiger partial charge in [-0.05, 0) is 12.8 Å². The number of hydrogen-bond donors (Lipinski definition) is 2. The maximum Gasteiger partial charge on any atom is 0.216 e. The van der Waals surface area contributed by atoms with Crippen LogP contribution in [0.15, 0.2) is 0 Å². The predicted octanol–water partition coefficient (Wildman–Crippen LogP) is 0.833. The van der Waals surface area contributed by atoms with Crippen LogP contribution in [0.25, 0.3) is 0 Å². The monoisotopic (exact) mass is 215 g/mol. The molecule has 0 aromatic carbocycles. The Bertz CT molecular complexity index is 234. The van der Waals surface area contributed by atoms with E-state index in [4.69, 9.17) is 9.84 Å². The van der Waals surface area contributed by atoms with Crippen molar-refractivity contribution in [1.29, 1.82) is 0 Å². The summed E-state index contributed by atoms with van der Waals surface area (Å²) in [5.41, 5.74) is -0.424. The fraction of sp³-hybridized carbons (Fsp3) is 0.909. The van der Waals surface area contributed by atoms with E-state index in [0.717, 1.165) is 19.3 Å². The van der Waals surface area contributed by atoms with E-state index in [1.165, 1.54) is 6.92 Å². The summed E-state index contributed by atoms with van der Waals surface area (Å²) in [6, 6.07) is 0. The van der Waals surface area contributed by atoms with Crippen molar-refractivity contribution >= 4 is 5.91 Å². The van der Waals surface area contributed by atoms with Crippen LogP contribution in [-0.2, 0) is 9.53 Å². The van der Waals surface area contributed by atoms with Gasteiger partial charge in [0.05, 0.1) is 17.8 Å². The fourth-order valence-corrected chi connectivity index (χ4v) is 2.41. The van der Waals surface area contributed by atoms with Crippen molar-refractivity contribution in [2.24, 2.45) is 0 Å². The first-order valence-electron chi connectivity index (χ1n) is 5.65. The van der Waals surface area contributed by atoms with Crippen LogP contribution < -0.4 is 5.32 Å². The van der Waals surface area contributed by atoms with E-state index in [-0.39, 0.29) is 23.7 Å². The molecule has 2 heterocycles. The van der Waals surface area contributed by atoms with Gasteiger partial charge in [-0.1, -0.05) is 13.8 Å². The molecule has 0 aromatic heterocycles. The van der Waals surface area contributed by atoms with Gasteiger partial charge in [0.15, 0.2) is 0 Å². The average Bonchev–Trinajstić information content (AvgIpc) is 2.73. The van der Waals surface area contributed by atoms with Gasteiger partial charge in [0, 0.05) is 19.9 Å². The largest absolute Gasteiger partial charge is 0.393 e. The zero-order valence-electron chi connectivity index (χ0n) is 9.80. The van der Waals surface area contributed by atoms with E-state index >= 15 is 0 Å². The first kappa shape index (κ1) is 12.5. The Morgan fingerprint density at radius 3 is 2.33 bits per heavy atom. The summed E-state index contributed by atoms with van der Waals surface area (Å²) in [5, 5.41) is 11.8. The lowest BCUT2D eigenvalue weighted by Crippen LogP contribution is -2.58. The van der Waals surface area contributed by atoms with Gasteiger partial charge in [-0.3, -0.25) is 4.79 Å². The van der Waals surface area contributed by atoms with Crippen LogP contribution in [0.3, 0.4) is 0 Å². The lowest BCUT2D eigenvalue weighted by Gasteiger charge is -2.46. The zero-order valence-corrected chi connectivity index (χ0v) is 9.80. The van der Waals surface area contributed by atoms with E-state index < -0.39 is 0 Å². The second kappa shape index (κ2) is 4.49. The lowest BCUT2D eigenvalue weighted by molar-refractivity contribution is -0.231. The third-order valence-corrected chi connectivity index (χ3v) is 3.06. The van der Waals surface area contributed by atoms with Gasteiger partial charge < -0.3 is 15.2 Å². The molecule has 2 aliphatic heterocycles. The van der Waals surface area contributed by atoms with Gasteiger partial charge in [0.1, 0.15) is 0 Å². The second-order valence-corrected chi connectivity index (χ2v) is 4.21. The number of nitrogens with one attached hydrogen (secondary N) is 1. The molecule has 15 heavy (non-hydrogen) atoms. The summed E-state index contributed by atoms with van der Waals surface area (Å²) in [6.45, 7) is 6.20.